The van der Waals surface area contributed by atoms with E-state index < -0.39 is 0 Å². The maximum Gasteiger partial charge on any atom is 0.167 e. The van der Waals surface area contributed by atoms with Crippen LogP contribution in [0.1, 0.15) is 48.7 Å². The molecule has 0 aliphatic heterocycles. The Labute approximate surface area is 114 Å². The number of carbonyl (C=O) groups is 1. The van der Waals surface area contributed by atoms with Crippen LogP contribution in [0, 0.1) is 6.92 Å². The summed E-state index contributed by atoms with van der Waals surface area (Å²) in [6, 6.07) is 3.96. The second kappa shape index (κ2) is 5.75. The Hall–Kier alpha value is -1.02. The van der Waals surface area contributed by atoms with Crippen molar-refractivity contribution in [2.45, 2.75) is 39.5 Å². The number of hydrogen-bond acceptors (Lipinski definition) is 2. The summed E-state index contributed by atoms with van der Waals surface area (Å²) in [5.74, 6) is 1.06. The molecule has 0 spiro atoms. The molecule has 3 heteroatoms. The summed E-state index contributed by atoms with van der Waals surface area (Å²) in [5.41, 5.74) is 2.71. The minimum absolute atomic E-state index is 0.0380. The number of ether oxygens (including phenoxy) is 1. The molecule has 0 radical (unpaired) electrons. The van der Waals surface area contributed by atoms with Crippen LogP contribution in [0.2, 0.25) is 0 Å². The second-order valence-electron chi connectivity index (χ2n) is 5.51. The molecule has 0 atom stereocenters. The SMILES string of the molecule is COc1c(C(=O)CCCl)cc(C)cc1C(C)(C)C. The van der Waals surface area contributed by atoms with Gasteiger partial charge >= 0.3 is 0 Å². The lowest BCUT2D eigenvalue weighted by Gasteiger charge is -2.24. The van der Waals surface area contributed by atoms with E-state index in [1.807, 2.05) is 13.0 Å². The van der Waals surface area contributed by atoms with E-state index in [0.717, 1.165) is 11.1 Å². The third-order valence-electron chi connectivity index (χ3n) is 2.87. The van der Waals surface area contributed by atoms with E-state index in [9.17, 15) is 4.79 Å². The zero-order chi connectivity index (χ0) is 13.9. The van der Waals surface area contributed by atoms with Gasteiger partial charge in [0, 0.05) is 17.9 Å². The molecule has 1 rings (SSSR count). The minimum Gasteiger partial charge on any atom is -0.496 e. The van der Waals surface area contributed by atoms with Crippen LogP contribution in [0.25, 0.3) is 0 Å². The van der Waals surface area contributed by atoms with Crippen molar-refractivity contribution in [1.82, 2.24) is 0 Å². The summed E-state index contributed by atoms with van der Waals surface area (Å²) in [4.78, 5) is 12.1. The molecule has 0 bridgehead atoms. The van der Waals surface area contributed by atoms with E-state index in [1.54, 1.807) is 7.11 Å². The van der Waals surface area contributed by atoms with Gasteiger partial charge in [-0.1, -0.05) is 26.8 Å². The Morgan fingerprint density at radius 1 is 1.33 bits per heavy atom. The second-order valence-corrected chi connectivity index (χ2v) is 5.88. The van der Waals surface area contributed by atoms with Gasteiger partial charge in [-0.2, -0.15) is 0 Å². The van der Waals surface area contributed by atoms with Crippen molar-refractivity contribution < 1.29 is 9.53 Å². The van der Waals surface area contributed by atoms with Gasteiger partial charge in [0.15, 0.2) is 5.78 Å². The lowest BCUT2D eigenvalue weighted by molar-refractivity contribution is 0.0986. The summed E-state index contributed by atoms with van der Waals surface area (Å²) < 4.78 is 5.46. The number of alkyl halides is 1. The lowest BCUT2D eigenvalue weighted by Crippen LogP contribution is -2.16. The van der Waals surface area contributed by atoms with Crippen molar-refractivity contribution in [3.8, 4) is 5.75 Å². The third kappa shape index (κ3) is 3.26. The number of methoxy groups -OCH3 is 1. The summed E-state index contributed by atoms with van der Waals surface area (Å²) in [6.45, 7) is 8.33. The number of aryl methyl sites for hydroxylation is 1. The molecule has 100 valence electrons. The van der Waals surface area contributed by atoms with E-state index in [1.165, 1.54) is 0 Å². The molecule has 0 aliphatic carbocycles. The van der Waals surface area contributed by atoms with Crippen molar-refractivity contribution in [2.75, 3.05) is 13.0 Å². The third-order valence-corrected chi connectivity index (χ3v) is 3.06. The Kier molecular flexibility index (Phi) is 4.80. The van der Waals surface area contributed by atoms with Crippen LogP contribution in [0.3, 0.4) is 0 Å². The fourth-order valence-corrected chi connectivity index (χ4v) is 2.15. The minimum atomic E-state index is -0.0621. The Morgan fingerprint density at radius 3 is 2.39 bits per heavy atom. The highest BCUT2D eigenvalue weighted by atomic mass is 35.5. The predicted octanol–water partition coefficient (Wildman–Crippen LogP) is 4.11. The summed E-state index contributed by atoms with van der Waals surface area (Å²) in [5, 5.41) is 0. The molecule has 0 aromatic heterocycles. The van der Waals surface area contributed by atoms with Gasteiger partial charge in [-0.3, -0.25) is 4.79 Å². The standard InChI is InChI=1S/C15H21ClO2/c1-10-8-11(13(17)6-7-16)14(18-5)12(9-10)15(2,3)4/h8-9H,6-7H2,1-5H3. The van der Waals surface area contributed by atoms with Gasteiger partial charge in [0.1, 0.15) is 5.75 Å². The maximum absolute atomic E-state index is 12.1. The van der Waals surface area contributed by atoms with E-state index in [4.69, 9.17) is 16.3 Å². The quantitative estimate of drug-likeness (QED) is 0.607. The number of halogens is 1. The fourth-order valence-electron chi connectivity index (χ4n) is 1.98. The number of hydrogen-bond donors (Lipinski definition) is 0. The molecule has 0 saturated carbocycles. The molecular formula is C15H21ClO2. The van der Waals surface area contributed by atoms with Crippen LogP contribution in [0.15, 0.2) is 12.1 Å². The number of ketones is 1. The average molecular weight is 269 g/mol. The maximum atomic E-state index is 12.1. The van der Waals surface area contributed by atoms with Gasteiger partial charge in [-0.15, -0.1) is 11.6 Å². The van der Waals surface area contributed by atoms with Crippen LogP contribution in [-0.2, 0) is 5.41 Å². The van der Waals surface area contributed by atoms with E-state index >= 15 is 0 Å². The van der Waals surface area contributed by atoms with Crippen molar-refractivity contribution >= 4 is 17.4 Å². The highest BCUT2D eigenvalue weighted by Crippen LogP contribution is 2.35. The smallest absolute Gasteiger partial charge is 0.167 e. The van der Waals surface area contributed by atoms with Crippen LogP contribution in [-0.4, -0.2) is 18.8 Å². The van der Waals surface area contributed by atoms with Crippen LogP contribution >= 0.6 is 11.6 Å². The fraction of sp³-hybridized carbons (Fsp3) is 0.533. The largest absolute Gasteiger partial charge is 0.496 e. The first-order valence-corrected chi connectivity index (χ1v) is 6.63. The van der Waals surface area contributed by atoms with Crippen molar-refractivity contribution in [2.24, 2.45) is 0 Å². The van der Waals surface area contributed by atoms with Crippen molar-refractivity contribution in [3.63, 3.8) is 0 Å². The number of carbonyl (C=O) groups excluding carboxylic acids is 1. The first-order valence-electron chi connectivity index (χ1n) is 6.09. The Balaban J connectivity index is 3.43. The molecule has 18 heavy (non-hydrogen) atoms. The molecule has 1 aromatic rings. The van der Waals surface area contributed by atoms with Crippen molar-refractivity contribution in [1.29, 1.82) is 0 Å². The van der Waals surface area contributed by atoms with E-state index in [2.05, 4.69) is 26.8 Å². The van der Waals surface area contributed by atoms with E-state index in [0.29, 0.717) is 23.6 Å². The molecule has 0 saturated heterocycles. The van der Waals surface area contributed by atoms with Crippen molar-refractivity contribution in [3.05, 3.63) is 28.8 Å². The molecule has 0 fully saturated rings. The number of rotatable bonds is 4. The van der Waals surface area contributed by atoms with Crippen LogP contribution in [0.5, 0.6) is 5.75 Å². The van der Waals surface area contributed by atoms with Crippen LogP contribution in [0.4, 0.5) is 0 Å². The zero-order valence-electron chi connectivity index (χ0n) is 11.8. The van der Waals surface area contributed by atoms with Crippen LogP contribution < -0.4 is 4.74 Å². The molecule has 0 unspecified atom stereocenters. The van der Waals surface area contributed by atoms with Gasteiger partial charge in [0.05, 0.1) is 12.7 Å². The molecule has 0 amide bonds. The summed E-state index contributed by atoms with van der Waals surface area (Å²) >= 11 is 5.65. The van der Waals surface area contributed by atoms with Gasteiger partial charge in [-0.05, 0) is 24.0 Å². The molecular weight excluding hydrogens is 248 g/mol. The molecule has 1 aromatic carbocycles. The molecule has 0 N–H and O–H groups in total. The highest BCUT2D eigenvalue weighted by molar-refractivity contribution is 6.19. The van der Waals surface area contributed by atoms with Gasteiger partial charge in [0.2, 0.25) is 0 Å². The summed E-state index contributed by atoms with van der Waals surface area (Å²) in [6.07, 6.45) is 0.338. The monoisotopic (exact) mass is 268 g/mol. The van der Waals surface area contributed by atoms with Gasteiger partial charge in [-0.25, -0.2) is 0 Å². The predicted molar refractivity (Wildman–Crippen MR) is 76.1 cm³/mol. The van der Waals surface area contributed by atoms with Gasteiger partial charge in [0.25, 0.3) is 0 Å². The lowest BCUT2D eigenvalue weighted by atomic mass is 9.83. The summed E-state index contributed by atoms with van der Waals surface area (Å²) in [7, 11) is 1.61. The normalized spacial score (nSPS) is 11.4. The number of Topliss-reactive ketones (excluding diaryl/α,β-unsaturated/α-hetero) is 1. The molecule has 0 heterocycles. The average Bonchev–Trinajstić information content (AvgIpc) is 2.27. The zero-order valence-corrected chi connectivity index (χ0v) is 12.5. The van der Waals surface area contributed by atoms with E-state index in [-0.39, 0.29) is 11.2 Å². The number of benzene rings is 1. The first-order chi connectivity index (χ1) is 8.31. The molecule has 2 nitrogen and oxygen atoms in total. The topological polar surface area (TPSA) is 26.3 Å². The van der Waals surface area contributed by atoms with Gasteiger partial charge < -0.3 is 4.74 Å². The Morgan fingerprint density at radius 2 is 1.94 bits per heavy atom. The first kappa shape index (κ1) is 15.0. The highest BCUT2D eigenvalue weighted by Gasteiger charge is 2.24. The molecule has 0 aliphatic rings. The Bertz CT molecular complexity index is 445.